The largest absolute Gasteiger partial charge is 0.417 e. The standard InChI is InChI=1S/C18H18F3N3O2S2/c1-24(28(25,26)16-10-5-3-8-14(16)18(19,20)21)12-6-11-22-17-13-7-2-4-9-15(13)27-23-17/h2-5,7-10H,6,11-12H2,1H3,(H,22,23). The number of nitrogens with one attached hydrogen (secondary N) is 1. The zero-order valence-electron chi connectivity index (χ0n) is 14.9. The summed E-state index contributed by atoms with van der Waals surface area (Å²) >= 11 is 1.36. The molecule has 10 heteroatoms. The van der Waals surface area contributed by atoms with Crippen molar-refractivity contribution in [1.29, 1.82) is 0 Å². The molecule has 150 valence electrons. The molecular weight excluding hydrogens is 411 g/mol. The fraction of sp³-hybridized carbons (Fsp3) is 0.278. The lowest BCUT2D eigenvalue weighted by molar-refractivity contribution is -0.139. The third-order valence-corrected chi connectivity index (χ3v) is 6.94. The number of hydrogen-bond acceptors (Lipinski definition) is 5. The van der Waals surface area contributed by atoms with Gasteiger partial charge in [-0.2, -0.15) is 17.5 Å². The van der Waals surface area contributed by atoms with E-state index >= 15 is 0 Å². The zero-order valence-corrected chi connectivity index (χ0v) is 16.5. The SMILES string of the molecule is CN(CCCNc1nsc2ccccc12)S(=O)(=O)c1ccccc1C(F)(F)F. The van der Waals surface area contributed by atoms with Crippen LogP contribution < -0.4 is 5.32 Å². The molecule has 0 aliphatic heterocycles. The highest BCUT2D eigenvalue weighted by atomic mass is 32.2. The van der Waals surface area contributed by atoms with Crippen molar-refractivity contribution in [2.45, 2.75) is 17.5 Å². The van der Waals surface area contributed by atoms with Crippen LogP contribution in [0.1, 0.15) is 12.0 Å². The van der Waals surface area contributed by atoms with Gasteiger partial charge in [0.1, 0.15) is 5.82 Å². The van der Waals surface area contributed by atoms with E-state index in [1.807, 2.05) is 24.3 Å². The average Bonchev–Trinajstić information content (AvgIpc) is 3.07. The highest BCUT2D eigenvalue weighted by Gasteiger charge is 2.37. The highest BCUT2D eigenvalue weighted by Crippen LogP contribution is 2.35. The minimum atomic E-state index is -4.74. The molecule has 5 nitrogen and oxygen atoms in total. The maximum Gasteiger partial charge on any atom is 0.417 e. The van der Waals surface area contributed by atoms with Crippen molar-refractivity contribution < 1.29 is 21.6 Å². The molecule has 0 aliphatic carbocycles. The van der Waals surface area contributed by atoms with Crippen LogP contribution in [0, 0.1) is 0 Å². The Bertz CT molecular complexity index is 1070. The molecule has 3 rings (SSSR count). The highest BCUT2D eigenvalue weighted by molar-refractivity contribution is 7.89. The third-order valence-electron chi connectivity index (χ3n) is 4.20. The van der Waals surface area contributed by atoms with Crippen molar-refractivity contribution in [2.75, 3.05) is 25.5 Å². The van der Waals surface area contributed by atoms with Crippen molar-refractivity contribution in [1.82, 2.24) is 8.68 Å². The van der Waals surface area contributed by atoms with Crippen molar-refractivity contribution in [3.8, 4) is 0 Å². The predicted molar refractivity (Wildman–Crippen MR) is 104 cm³/mol. The van der Waals surface area contributed by atoms with Crippen LogP contribution in [0.2, 0.25) is 0 Å². The molecule has 3 aromatic rings. The number of nitrogens with zero attached hydrogens (tertiary/aromatic N) is 2. The van der Waals surface area contributed by atoms with E-state index in [-0.39, 0.29) is 6.54 Å². The van der Waals surface area contributed by atoms with Gasteiger partial charge < -0.3 is 5.32 Å². The molecule has 0 bridgehead atoms. The second kappa shape index (κ2) is 8.06. The Morgan fingerprint density at radius 3 is 2.54 bits per heavy atom. The molecule has 0 saturated heterocycles. The fourth-order valence-corrected chi connectivity index (χ4v) is 4.91. The van der Waals surface area contributed by atoms with Crippen LogP contribution >= 0.6 is 11.5 Å². The van der Waals surface area contributed by atoms with Gasteiger partial charge in [0.2, 0.25) is 10.0 Å². The maximum atomic E-state index is 13.1. The van der Waals surface area contributed by atoms with E-state index in [4.69, 9.17) is 0 Å². The summed E-state index contributed by atoms with van der Waals surface area (Å²) in [5.74, 6) is 0.716. The first-order valence-corrected chi connectivity index (χ1v) is 10.6. The summed E-state index contributed by atoms with van der Waals surface area (Å²) in [6.45, 7) is 0.512. The predicted octanol–water partition coefficient (Wildman–Crippen LogP) is 4.44. The second-order valence-electron chi connectivity index (χ2n) is 6.13. The van der Waals surface area contributed by atoms with Crippen LogP contribution in [0.4, 0.5) is 19.0 Å². The Balaban J connectivity index is 1.64. The number of halogens is 3. The smallest absolute Gasteiger partial charge is 0.369 e. The van der Waals surface area contributed by atoms with E-state index in [0.717, 1.165) is 26.5 Å². The van der Waals surface area contributed by atoms with Crippen molar-refractivity contribution in [3.05, 3.63) is 54.1 Å². The minimum absolute atomic E-state index is 0.0730. The van der Waals surface area contributed by atoms with E-state index < -0.39 is 26.7 Å². The zero-order chi connectivity index (χ0) is 20.4. The Morgan fingerprint density at radius 2 is 1.79 bits per heavy atom. The summed E-state index contributed by atoms with van der Waals surface area (Å²) in [4.78, 5) is -0.733. The van der Waals surface area contributed by atoms with E-state index in [9.17, 15) is 21.6 Å². The average molecular weight is 429 g/mol. The van der Waals surface area contributed by atoms with Crippen LogP contribution in [0.15, 0.2) is 53.4 Å². The summed E-state index contributed by atoms with van der Waals surface area (Å²) in [5, 5.41) is 4.13. The lowest BCUT2D eigenvalue weighted by Crippen LogP contribution is -2.30. The third kappa shape index (κ3) is 4.29. The van der Waals surface area contributed by atoms with Gasteiger partial charge in [-0.05, 0) is 42.2 Å². The van der Waals surface area contributed by atoms with Crippen LogP contribution in [0.25, 0.3) is 10.1 Å². The maximum absolute atomic E-state index is 13.1. The van der Waals surface area contributed by atoms with Crippen molar-refractivity contribution in [2.24, 2.45) is 0 Å². The number of fused-ring (bicyclic) bond motifs is 1. The first-order chi connectivity index (χ1) is 13.2. The molecule has 1 aromatic heterocycles. The van der Waals surface area contributed by atoms with Gasteiger partial charge in [0, 0.05) is 25.5 Å². The van der Waals surface area contributed by atoms with Crippen molar-refractivity contribution >= 4 is 37.5 Å². The molecule has 2 aromatic carbocycles. The van der Waals surface area contributed by atoms with E-state index in [1.165, 1.54) is 30.7 Å². The van der Waals surface area contributed by atoms with Crippen LogP contribution in [0.5, 0.6) is 0 Å². The number of alkyl halides is 3. The molecular formula is C18H18F3N3O2S2. The monoisotopic (exact) mass is 429 g/mol. The molecule has 0 atom stereocenters. The second-order valence-corrected chi connectivity index (χ2v) is 8.95. The summed E-state index contributed by atoms with van der Waals surface area (Å²) in [7, 11) is -2.97. The molecule has 0 amide bonds. The van der Waals surface area contributed by atoms with E-state index in [1.54, 1.807) is 0 Å². The van der Waals surface area contributed by atoms with Gasteiger partial charge in [-0.1, -0.05) is 24.3 Å². The first-order valence-electron chi connectivity index (χ1n) is 8.42. The lowest BCUT2D eigenvalue weighted by Gasteiger charge is -2.20. The van der Waals surface area contributed by atoms with E-state index in [0.29, 0.717) is 18.8 Å². The number of anilines is 1. The quantitative estimate of drug-likeness (QED) is 0.564. The molecule has 0 fully saturated rings. The lowest BCUT2D eigenvalue weighted by atomic mass is 10.2. The molecule has 1 N–H and O–H groups in total. The molecule has 0 saturated carbocycles. The van der Waals surface area contributed by atoms with Gasteiger partial charge in [0.15, 0.2) is 0 Å². The number of sulfonamides is 1. The number of rotatable bonds is 7. The van der Waals surface area contributed by atoms with Gasteiger partial charge in [-0.25, -0.2) is 12.7 Å². The first kappa shape index (κ1) is 20.6. The van der Waals surface area contributed by atoms with Crippen molar-refractivity contribution in [3.63, 3.8) is 0 Å². The van der Waals surface area contributed by atoms with Gasteiger partial charge in [0.25, 0.3) is 0 Å². The molecule has 28 heavy (non-hydrogen) atoms. The van der Waals surface area contributed by atoms with Gasteiger partial charge in [-0.3, -0.25) is 0 Å². The normalized spacial score (nSPS) is 12.6. The summed E-state index contributed by atoms with van der Waals surface area (Å²) in [6, 6.07) is 11.9. The Morgan fingerprint density at radius 1 is 1.11 bits per heavy atom. The molecule has 0 unspecified atom stereocenters. The number of benzene rings is 2. The molecule has 0 aliphatic rings. The molecule has 0 spiro atoms. The topological polar surface area (TPSA) is 62.3 Å². The van der Waals surface area contributed by atoms with Crippen LogP contribution in [-0.2, 0) is 16.2 Å². The number of hydrogen-bond donors (Lipinski definition) is 1. The van der Waals surface area contributed by atoms with Gasteiger partial charge >= 0.3 is 6.18 Å². The van der Waals surface area contributed by atoms with E-state index in [2.05, 4.69) is 9.69 Å². The molecule has 1 heterocycles. The van der Waals surface area contributed by atoms with Crippen LogP contribution in [0.3, 0.4) is 0 Å². The summed E-state index contributed by atoms with van der Waals surface area (Å²) in [6.07, 6.45) is -4.33. The van der Waals surface area contributed by atoms with Gasteiger partial charge in [0.05, 0.1) is 15.2 Å². The Kier molecular flexibility index (Phi) is 5.92. The Hall–Kier alpha value is -2.17. The fourth-order valence-electron chi connectivity index (χ4n) is 2.74. The minimum Gasteiger partial charge on any atom is -0.369 e. The van der Waals surface area contributed by atoms with Crippen LogP contribution in [-0.4, -0.2) is 37.2 Å². The Labute approximate surface area is 165 Å². The summed E-state index contributed by atoms with van der Waals surface area (Å²) in [5.41, 5.74) is -1.16. The van der Waals surface area contributed by atoms with Gasteiger partial charge in [-0.15, -0.1) is 0 Å². The molecule has 0 radical (unpaired) electrons. The summed E-state index contributed by atoms with van der Waals surface area (Å²) < 4.78 is 70.9. The number of aromatic nitrogens is 1.